The van der Waals surface area contributed by atoms with Gasteiger partial charge in [0.2, 0.25) is 0 Å². The van der Waals surface area contributed by atoms with Crippen LogP contribution in [0.1, 0.15) is 37.9 Å². The average molecular weight is 501 g/mol. The van der Waals surface area contributed by atoms with Gasteiger partial charge in [0, 0.05) is 34.5 Å². The van der Waals surface area contributed by atoms with Crippen LogP contribution in [-0.2, 0) is 4.84 Å². The Hall–Kier alpha value is -3.07. The summed E-state index contributed by atoms with van der Waals surface area (Å²) in [7, 11) is 1.64. The Balaban J connectivity index is 0.00000141. The fourth-order valence-corrected chi connectivity index (χ4v) is 5.80. The minimum absolute atomic E-state index is 0.0459. The summed E-state index contributed by atoms with van der Waals surface area (Å²) in [4.78, 5) is 12.8. The minimum Gasteiger partial charge on any atom is -0.495 e. The number of fused-ring (bicyclic) bond motifs is 1. The number of aryl methyl sites for hydroxylation is 1. The first-order valence-corrected chi connectivity index (χ1v) is 12.7. The number of ether oxygens (including phenoxy) is 1. The highest BCUT2D eigenvalue weighted by Crippen LogP contribution is 2.37. The van der Waals surface area contributed by atoms with Crippen LogP contribution >= 0.6 is 11.8 Å². The molecule has 0 bridgehead atoms. The Kier molecular flexibility index (Phi) is 7.95. The molecule has 1 fully saturated rings. The SMILES string of the molecule is CC.COc1cc(C2=NOCC3C(Sc4cc(F)cc(F)c4)CCCN23)ccc1-n1cnc(C)c1. The summed E-state index contributed by atoms with van der Waals surface area (Å²) in [6, 6.07) is 9.63. The quantitative estimate of drug-likeness (QED) is 0.443. The summed E-state index contributed by atoms with van der Waals surface area (Å²) in [6.45, 7) is 7.21. The van der Waals surface area contributed by atoms with Gasteiger partial charge in [-0.2, -0.15) is 0 Å². The van der Waals surface area contributed by atoms with E-state index in [1.807, 2.05) is 49.7 Å². The van der Waals surface area contributed by atoms with E-state index in [2.05, 4.69) is 15.0 Å². The van der Waals surface area contributed by atoms with Crippen molar-refractivity contribution in [3.63, 3.8) is 0 Å². The monoisotopic (exact) mass is 500 g/mol. The second kappa shape index (κ2) is 11.1. The first-order chi connectivity index (χ1) is 17.0. The second-order valence-electron chi connectivity index (χ2n) is 8.18. The number of rotatable bonds is 5. The van der Waals surface area contributed by atoms with Crippen molar-refractivity contribution >= 4 is 17.6 Å². The molecule has 2 unspecified atom stereocenters. The van der Waals surface area contributed by atoms with E-state index in [0.717, 1.165) is 48.2 Å². The number of oxime groups is 1. The van der Waals surface area contributed by atoms with Crippen LogP contribution in [0.4, 0.5) is 8.78 Å². The number of thioether (sulfide) groups is 1. The van der Waals surface area contributed by atoms with Gasteiger partial charge in [0.1, 0.15) is 24.0 Å². The van der Waals surface area contributed by atoms with E-state index in [1.54, 1.807) is 13.4 Å². The van der Waals surface area contributed by atoms with E-state index < -0.39 is 11.6 Å². The molecule has 3 aromatic rings. The molecule has 0 radical (unpaired) electrons. The lowest BCUT2D eigenvalue weighted by molar-refractivity contribution is 0.0488. The zero-order chi connectivity index (χ0) is 24.9. The van der Waals surface area contributed by atoms with Crippen molar-refractivity contribution in [2.75, 3.05) is 20.3 Å². The standard InChI is InChI=1S/C24H24F2N4O2S.C2H6/c1-15-12-29(14-27-15)20-6-5-16(8-22(20)31-2)24-28-32-13-21-23(4-3-7-30(21)24)33-19-10-17(25)9-18(26)11-19;1-2/h5-6,8-12,14,21,23H,3-4,7,13H2,1-2H3;1-2H3. The van der Waals surface area contributed by atoms with Crippen LogP contribution in [-0.4, -0.2) is 51.8 Å². The molecule has 0 saturated carbocycles. The van der Waals surface area contributed by atoms with Crippen molar-refractivity contribution in [1.82, 2.24) is 14.5 Å². The molecule has 0 spiro atoms. The number of piperidine rings is 1. The van der Waals surface area contributed by atoms with Gasteiger partial charge >= 0.3 is 0 Å². The van der Waals surface area contributed by atoms with E-state index in [9.17, 15) is 8.78 Å². The van der Waals surface area contributed by atoms with Crippen LogP contribution in [0.2, 0.25) is 0 Å². The number of hydrogen-bond donors (Lipinski definition) is 0. The normalized spacial score (nSPS) is 19.1. The van der Waals surface area contributed by atoms with E-state index >= 15 is 0 Å². The molecule has 2 atom stereocenters. The molecule has 5 rings (SSSR count). The third-order valence-corrected chi connectivity index (χ3v) is 7.30. The maximum absolute atomic E-state index is 13.7. The van der Waals surface area contributed by atoms with Crippen molar-refractivity contribution in [2.45, 2.75) is 49.8 Å². The summed E-state index contributed by atoms with van der Waals surface area (Å²) < 4.78 is 35.0. The Labute approximate surface area is 208 Å². The van der Waals surface area contributed by atoms with Gasteiger partial charge < -0.3 is 19.0 Å². The van der Waals surface area contributed by atoms with Gasteiger partial charge in [-0.25, -0.2) is 13.8 Å². The average Bonchev–Trinajstić information content (AvgIpc) is 3.30. The van der Waals surface area contributed by atoms with Gasteiger partial charge in [-0.3, -0.25) is 0 Å². The summed E-state index contributed by atoms with van der Waals surface area (Å²) in [5, 5.41) is 4.50. The molecule has 1 aromatic heterocycles. The third kappa shape index (κ3) is 5.45. The van der Waals surface area contributed by atoms with Crippen LogP contribution in [0.3, 0.4) is 0 Å². The van der Waals surface area contributed by atoms with E-state index in [0.29, 0.717) is 17.3 Å². The maximum atomic E-state index is 13.7. The van der Waals surface area contributed by atoms with Gasteiger partial charge in [-0.1, -0.05) is 19.0 Å². The first-order valence-electron chi connectivity index (χ1n) is 11.8. The Morgan fingerprint density at radius 1 is 1.11 bits per heavy atom. The lowest BCUT2D eigenvalue weighted by atomic mass is 9.99. The predicted octanol–water partition coefficient (Wildman–Crippen LogP) is 5.81. The summed E-state index contributed by atoms with van der Waals surface area (Å²) in [5.41, 5.74) is 2.69. The highest BCUT2D eigenvalue weighted by molar-refractivity contribution is 8.00. The molecule has 35 heavy (non-hydrogen) atoms. The Morgan fingerprint density at radius 3 is 2.57 bits per heavy atom. The summed E-state index contributed by atoms with van der Waals surface area (Å²) in [5.74, 6) is 0.321. The molecule has 0 aliphatic carbocycles. The van der Waals surface area contributed by atoms with Crippen LogP contribution in [0.5, 0.6) is 5.75 Å². The van der Waals surface area contributed by atoms with Gasteiger partial charge in [-0.15, -0.1) is 11.8 Å². The minimum atomic E-state index is -0.562. The van der Waals surface area contributed by atoms with Gasteiger partial charge in [0.15, 0.2) is 5.84 Å². The lowest BCUT2D eigenvalue weighted by Gasteiger charge is -2.44. The number of hydrogen-bond acceptors (Lipinski definition) is 6. The number of methoxy groups -OCH3 is 1. The van der Waals surface area contributed by atoms with E-state index in [1.165, 1.54) is 23.9 Å². The molecule has 9 heteroatoms. The number of benzene rings is 2. The summed E-state index contributed by atoms with van der Waals surface area (Å²) in [6.07, 6.45) is 5.58. The number of imidazole rings is 1. The van der Waals surface area contributed by atoms with Crippen molar-refractivity contribution in [2.24, 2.45) is 5.16 Å². The third-order valence-electron chi connectivity index (χ3n) is 5.94. The van der Waals surface area contributed by atoms with E-state index in [4.69, 9.17) is 9.57 Å². The van der Waals surface area contributed by atoms with E-state index in [-0.39, 0.29) is 11.3 Å². The molecule has 2 aliphatic rings. The molecule has 0 N–H and O–H groups in total. The first kappa shape index (κ1) is 25.0. The Morgan fingerprint density at radius 2 is 1.89 bits per heavy atom. The van der Waals surface area contributed by atoms with Crippen LogP contribution in [0.15, 0.2) is 59.0 Å². The fourth-order valence-electron chi connectivity index (χ4n) is 4.42. The van der Waals surface area contributed by atoms with Crippen molar-refractivity contribution in [1.29, 1.82) is 0 Å². The predicted molar refractivity (Wildman–Crippen MR) is 134 cm³/mol. The molecule has 2 aliphatic heterocycles. The van der Waals surface area contributed by atoms with Crippen molar-refractivity contribution in [3.05, 3.63) is 71.8 Å². The molecule has 0 amide bonds. The molecule has 2 aromatic carbocycles. The molecular weight excluding hydrogens is 470 g/mol. The topological polar surface area (TPSA) is 51.9 Å². The van der Waals surface area contributed by atoms with Crippen molar-refractivity contribution in [3.8, 4) is 11.4 Å². The smallest absolute Gasteiger partial charge is 0.176 e. The second-order valence-corrected chi connectivity index (χ2v) is 9.50. The van der Waals surface area contributed by atoms with Crippen LogP contribution in [0.25, 0.3) is 5.69 Å². The maximum Gasteiger partial charge on any atom is 0.176 e. The highest BCUT2D eigenvalue weighted by Gasteiger charge is 2.38. The number of amidine groups is 1. The number of nitrogens with zero attached hydrogens (tertiary/aromatic N) is 4. The fraction of sp³-hybridized carbons (Fsp3) is 0.385. The highest BCUT2D eigenvalue weighted by atomic mass is 32.2. The lowest BCUT2D eigenvalue weighted by Crippen LogP contribution is -2.54. The Bertz CT molecular complexity index is 1180. The molecule has 3 heterocycles. The van der Waals surface area contributed by atoms with Crippen LogP contribution < -0.4 is 4.74 Å². The van der Waals surface area contributed by atoms with Gasteiger partial charge in [0.05, 0.1) is 30.9 Å². The molecule has 1 saturated heterocycles. The van der Waals surface area contributed by atoms with Crippen molar-refractivity contribution < 1.29 is 18.4 Å². The zero-order valence-corrected chi connectivity index (χ0v) is 21.2. The molecule has 186 valence electrons. The number of halogens is 2. The number of aromatic nitrogens is 2. The van der Waals surface area contributed by atoms with Crippen LogP contribution in [0, 0.1) is 18.6 Å². The zero-order valence-electron chi connectivity index (χ0n) is 20.4. The molecular formula is C26H30F2N4O2S. The van der Waals surface area contributed by atoms with Gasteiger partial charge in [-0.05, 0) is 50.1 Å². The summed E-state index contributed by atoms with van der Waals surface area (Å²) >= 11 is 1.49. The van der Waals surface area contributed by atoms with Gasteiger partial charge in [0.25, 0.3) is 0 Å². The largest absolute Gasteiger partial charge is 0.495 e. The molecule has 6 nitrogen and oxygen atoms in total.